The molecule has 126 valence electrons. The van der Waals surface area contributed by atoms with Crippen molar-refractivity contribution >= 4 is 5.91 Å². The molecule has 0 aromatic heterocycles. The normalized spacial score (nSPS) is 23.0. The number of rotatable bonds is 3. The van der Waals surface area contributed by atoms with Crippen LogP contribution in [0.5, 0.6) is 0 Å². The van der Waals surface area contributed by atoms with Crippen molar-refractivity contribution in [1.29, 1.82) is 0 Å². The van der Waals surface area contributed by atoms with Crippen LogP contribution in [0.2, 0.25) is 0 Å². The minimum Gasteiger partial charge on any atom is -0.380 e. The van der Waals surface area contributed by atoms with Gasteiger partial charge in [0.15, 0.2) is 0 Å². The molecular weight excluding hydrogens is 288 g/mol. The zero-order chi connectivity index (χ0) is 16.2. The largest absolute Gasteiger partial charge is 0.380 e. The van der Waals surface area contributed by atoms with Crippen molar-refractivity contribution in [3.8, 4) is 0 Å². The van der Waals surface area contributed by atoms with Crippen LogP contribution >= 0.6 is 0 Å². The lowest BCUT2D eigenvalue weighted by Crippen LogP contribution is -2.40. The van der Waals surface area contributed by atoms with Crippen molar-refractivity contribution in [3.63, 3.8) is 0 Å². The molecule has 0 radical (unpaired) electrons. The molecule has 1 aromatic carbocycles. The first-order valence-corrected chi connectivity index (χ1v) is 8.79. The fourth-order valence-electron chi connectivity index (χ4n) is 3.63. The van der Waals surface area contributed by atoms with E-state index in [2.05, 4.69) is 41.8 Å². The Hall–Kier alpha value is -1.39. The standard InChI is InChI=1S/C19H28N2O2/c1-15-4-5-16(2)17(12-15)13-19(22)21-8-3-7-20(9-10-21)18-6-11-23-14-18/h4-5,12,18H,3,6-11,13-14H2,1-2H3. The van der Waals surface area contributed by atoms with Crippen molar-refractivity contribution < 1.29 is 9.53 Å². The lowest BCUT2D eigenvalue weighted by Gasteiger charge is -2.26. The third kappa shape index (κ3) is 4.12. The summed E-state index contributed by atoms with van der Waals surface area (Å²) in [6.45, 7) is 9.71. The van der Waals surface area contributed by atoms with Gasteiger partial charge in [0, 0.05) is 38.8 Å². The molecule has 3 rings (SSSR count). The maximum Gasteiger partial charge on any atom is 0.227 e. The molecule has 2 heterocycles. The van der Waals surface area contributed by atoms with Gasteiger partial charge < -0.3 is 9.64 Å². The van der Waals surface area contributed by atoms with E-state index in [1.807, 2.05) is 0 Å². The molecule has 1 aromatic rings. The molecule has 1 atom stereocenters. The Kier molecular flexibility index (Phi) is 5.34. The second-order valence-electron chi connectivity index (χ2n) is 6.89. The Morgan fingerprint density at radius 3 is 2.87 bits per heavy atom. The Labute approximate surface area is 139 Å². The van der Waals surface area contributed by atoms with Gasteiger partial charge in [-0.2, -0.15) is 0 Å². The number of ether oxygens (including phenoxy) is 1. The van der Waals surface area contributed by atoms with E-state index in [1.54, 1.807) is 0 Å². The number of carbonyl (C=O) groups is 1. The fraction of sp³-hybridized carbons (Fsp3) is 0.632. The summed E-state index contributed by atoms with van der Waals surface area (Å²) in [6.07, 6.45) is 2.73. The summed E-state index contributed by atoms with van der Waals surface area (Å²) in [4.78, 5) is 17.3. The number of aryl methyl sites for hydroxylation is 2. The average Bonchev–Trinajstić information content (AvgIpc) is 2.95. The number of amides is 1. The van der Waals surface area contributed by atoms with E-state index in [-0.39, 0.29) is 5.91 Å². The molecule has 1 amide bonds. The van der Waals surface area contributed by atoms with Crippen LogP contribution in [-0.2, 0) is 16.0 Å². The van der Waals surface area contributed by atoms with Gasteiger partial charge in [-0.15, -0.1) is 0 Å². The van der Waals surface area contributed by atoms with Crippen molar-refractivity contribution in [2.45, 2.75) is 39.2 Å². The van der Waals surface area contributed by atoms with Crippen molar-refractivity contribution in [3.05, 3.63) is 34.9 Å². The number of hydrogen-bond donors (Lipinski definition) is 0. The smallest absolute Gasteiger partial charge is 0.227 e. The SMILES string of the molecule is Cc1ccc(C)c(CC(=O)N2CCCN(C3CCOC3)CC2)c1. The second-order valence-corrected chi connectivity index (χ2v) is 6.89. The lowest BCUT2D eigenvalue weighted by molar-refractivity contribution is -0.130. The van der Waals surface area contributed by atoms with Crippen LogP contribution in [0.1, 0.15) is 29.5 Å². The number of carbonyl (C=O) groups excluding carboxylic acids is 1. The summed E-state index contributed by atoms with van der Waals surface area (Å²) in [6, 6.07) is 6.93. The predicted octanol–water partition coefficient (Wildman–Crippen LogP) is 2.17. The third-order valence-corrected chi connectivity index (χ3v) is 5.15. The summed E-state index contributed by atoms with van der Waals surface area (Å²) >= 11 is 0. The van der Waals surface area contributed by atoms with Crippen LogP contribution in [0.25, 0.3) is 0 Å². The van der Waals surface area contributed by atoms with Gasteiger partial charge in [0.05, 0.1) is 13.0 Å². The Bertz CT molecular complexity index is 552. The van der Waals surface area contributed by atoms with Gasteiger partial charge in [0.25, 0.3) is 0 Å². The van der Waals surface area contributed by atoms with E-state index < -0.39 is 0 Å². The van der Waals surface area contributed by atoms with Crippen LogP contribution in [-0.4, -0.2) is 61.1 Å². The van der Waals surface area contributed by atoms with E-state index in [0.717, 1.165) is 52.2 Å². The highest BCUT2D eigenvalue weighted by molar-refractivity contribution is 5.79. The Morgan fingerprint density at radius 2 is 2.09 bits per heavy atom. The van der Waals surface area contributed by atoms with E-state index in [9.17, 15) is 4.79 Å². The van der Waals surface area contributed by atoms with Gasteiger partial charge in [-0.1, -0.05) is 23.8 Å². The highest BCUT2D eigenvalue weighted by Crippen LogP contribution is 2.17. The topological polar surface area (TPSA) is 32.8 Å². The van der Waals surface area contributed by atoms with Gasteiger partial charge in [-0.05, 0) is 37.8 Å². The first-order valence-electron chi connectivity index (χ1n) is 8.79. The van der Waals surface area contributed by atoms with Crippen LogP contribution in [0.3, 0.4) is 0 Å². The molecule has 2 aliphatic heterocycles. The first kappa shape index (κ1) is 16.5. The van der Waals surface area contributed by atoms with Gasteiger partial charge in [0.1, 0.15) is 0 Å². The van der Waals surface area contributed by atoms with E-state index in [0.29, 0.717) is 12.5 Å². The van der Waals surface area contributed by atoms with Crippen molar-refractivity contribution in [1.82, 2.24) is 9.80 Å². The van der Waals surface area contributed by atoms with Crippen LogP contribution < -0.4 is 0 Å². The summed E-state index contributed by atoms with van der Waals surface area (Å²) in [5.41, 5.74) is 3.60. The van der Waals surface area contributed by atoms with Gasteiger partial charge >= 0.3 is 0 Å². The zero-order valence-corrected chi connectivity index (χ0v) is 14.4. The summed E-state index contributed by atoms with van der Waals surface area (Å²) in [5, 5.41) is 0. The Balaban J connectivity index is 1.58. The molecule has 2 aliphatic rings. The summed E-state index contributed by atoms with van der Waals surface area (Å²) in [7, 11) is 0. The fourth-order valence-corrected chi connectivity index (χ4v) is 3.63. The van der Waals surface area contributed by atoms with Gasteiger partial charge in [0.2, 0.25) is 5.91 Å². The summed E-state index contributed by atoms with van der Waals surface area (Å²) < 4.78 is 5.51. The molecule has 0 bridgehead atoms. The van der Waals surface area contributed by atoms with Gasteiger partial charge in [-0.25, -0.2) is 0 Å². The summed E-state index contributed by atoms with van der Waals surface area (Å²) in [5.74, 6) is 0.267. The molecule has 23 heavy (non-hydrogen) atoms. The van der Waals surface area contributed by atoms with Crippen LogP contribution in [0, 0.1) is 13.8 Å². The molecule has 0 saturated carbocycles. The van der Waals surface area contributed by atoms with Crippen LogP contribution in [0.15, 0.2) is 18.2 Å². The molecule has 0 N–H and O–H groups in total. The maximum atomic E-state index is 12.7. The minimum absolute atomic E-state index is 0.267. The monoisotopic (exact) mass is 316 g/mol. The molecule has 1 unspecified atom stereocenters. The molecule has 0 aliphatic carbocycles. The predicted molar refractivity (Wildman–Crippen MR) is 91.6 cm³/mol. The average molecular weight is 316 g/mol. The molecule has 0 spiro atoms. The molecular formula is C19H28N2O2. The van der Waals surface area contributed by atoms with Gasteiger partial charge in [-0.3, -0.25) is 9.69 Å². The molecule has 2 saturated heterocycles. The Morgan fingerprint density at radius 1 is 1.22 bits per heavy atom. The van der Waals surface area contributed by atoms with Crippen molar-refractivity contribution in [2.24, 2.45) is 0 Å². The molecule has 2 fully saturated rings. The van der Waals surface area contributed by atoms with Crippen molar-refractivity contribution in [2.75, 3.05) is 39.4 Å². The zero-order valence-electron chi connectivity index (χ0n) is 14.4. The number of nitrogens with zero attached hydrogens (tertiary/aromatic N) is 2. The van der Waals surface area contributed by atoms with Crippen LogP contribution in [0.4, 0.5) is 0 Å². The van der Waals surface area contributed by atoms with E-state index in [1.165, 1.54) is 16.7 Å². The third-order valence-electron chi connectivity index (χ3n) is 5.15. The number of benzene rings is 1. The second kappa shape index (κ2) is 7.45. The molecule has 4 nitrogen and oxygen atoms in total. The minimum atomic E-state index is 0.267. The lowest BCUT2D eigenvalue weighted by atomic mass is 10.0. The molecule has 4 heteroatoms. The van der Waals surface area contributed by atoms with E-state index in [4.69, 9.17) is 4.74 Å². The highest BCUT2D eigenvalue weighted by Gasteiger charge is 2.26. The maximum absolute atomic E-state index is 12.7. The first-order chi connectivity index (χ1) is 11.1. The highest BCUT2D eigenvalue weighted by atomic mass is 16.5. The number of hydrogen-bond acceptors (Lipinski definition) is 3. The van der Waals surface area contributed by atoms with E-state index >= 15 is 0 Å². The quantitative estimate of drug-likeness (QED) is 0.857.